The van der Waals surface area contributed by atoms with Gasteiger partial charge in [0.25, 0.3) is 0 Å². The van der Waals surface area contributed by atoms with E-state index in [0.29, 0.717) is 25.9 Å². The molecular formula is C27H40N6O3. The van der Waals surface area contributed by atoms with E-state index in [0.717, 1.165) is 28.8 Å². The van der Waals surface area contributed by atoms with Gasteiger partial charge in [0.05, 0.1) is 12.5 Å². The summed E-state index contributed by atoms with van der Waals surface area (Å²) in [5.41, 5.74) is 21.0. The van der Waals surface area contributed by atoms with E-state index in [-0.39, 0.29) is 31.3 Å². The predicted octanol–water partition coefficient (Wildman–Crippen LogP) is 1.08. The highest BCUT2D eigenvalue weighted by atomic mass is 16.2. The predicted molar refractivity (Wildman–Crippen MR) is 143 cm³/mol. The Labute approximate surface area is 213 Å². The van der Waals surface area contributed by atoms with Crippen LogP contribution in [-0.2, 0) is 27.2 Å². The van der Waals surface area contributed by atoms with Gasteiger partial charge in [-0.3, -0.25) is 14.4 Å². The van der Waals surface area contributed by atoms with Crippen molar-refractivity contribution in [1.82, 2.24) is 10.2 Å². The lowest BCUT2D eigenvalue weighted by molar-refractivity contribution is -0.134. The van der Waals surface area contributed by atoms with Crippen LogP contribution in [0.4, 0.5) is 5.69 Å². The Balaban J connectivity index is 2.14. The maximum absolute atomic E-state index is 13.3. The third-order valence-electron chi connectivity index (χ3n) is 6.07. The molecule has 2 aromatic carbocycles. The van der Waals surface area contributed by atoms with Crippen molar-refractivity contribution in [3.8, 4) is 0 Å². The average molecular weight is 497 g/mol. The Kier molecular flexibility index (Phi) is 12.0. The second kappa shape index (κ2) is 15.0. The van der Waals surface area contributed by atoms with Gasteiger partial charge >= 0.3 is 0 Å². The molecule has 9 nitrogen and oxygen atoms in total. The van der Waals surface area contributed by atoms with E-state index in [1.54, 1.807) is 0 Å². The number of nitrogens with zero attached hydrogens (tertiary/aromatic N) is 1. The number of nitrogens with two attached hydrogens (primary N) is 3. The lowest BCUT2D eigenvalue weighted by atomic mass is 10.0. The van der Waals surface area contributed by atoms with Crippen LogP contribution < -0.4 is 27.8 Å². The second-order valence-corrected chi connectivity index (χ2v) is 8.81. The highest BCUT2D eigenvalue weighted by molar-refractivity contribution is 5.99. The molecule has 0 bridgehead atoms. The van der Waals surface area contributed by atoms with E-state index < -0.39 is 18.0 Å². The number of hydrogen-bond acceptors (Lipinski definition) is 6. The topological polar surface area (TPSA) is 157 Å². The van der Waals surface area contributed by atoms with Crippen molar-refractivity contribution in [3.63, 3.8) is 0 Å². The van der Waals surface area contributed by atoms with E-state index in [2.05, 4.69) is 10.6 Å². The molecule has 0 aromatic heterocycles. The van der Waals surface area contributed by atoms with Crippen LogP contribution in [0.15, 0.2) is 48.5 Å². The first-order valence-corrected chi connectivity index (χ1v) is 12.5. The van der Waals surface area contributed by atoms with Crippen LogP contribution in [0.25, 0.3) is 0 Å². The molecule has 0 aliphatic rings. The fraction of sp³-hybridized carbons (Fsp3) is 0.444. The molecule has 0 aliphatic heterocycles. The Bertz CT molecular complexity index is 992. The zero-order valence-corrected chi connectivity index (χ0v) is 21.3. The zero-order chi connectivity index (χ0) is 26.5. The molecule has 2 atom stereocenters. The molecule has 0 saturated heterocycles. The van der Waals surface area contributed by atoms with E-state index in [4.69, 9.17) is 17.2 Å². The summed E-state index contributed by atoms with van der Waals surface area (Å²) in [4.78, 5) is 40.4. The van der Waals surface area contributed by atoms with Gasteiger partial charge in [-0.25, -0.2) is 0 Å². The number of hydrogen-bond donors (Lipinski definition) is 5. The number of carbonyl (C=O) groups excluding carboxylic acids is 3. The average Bonchev–Trinajstić information content (AvgIpc) is 2.87. The van der Waals surface area contributed by atoms with Gasteiger partial charge in [0.1, 0.15) is 6.04 Å². The summed E-state index contributed by atoms with van der Waals surface area (Å²) in [5.74, 6) is -1.18. The van der Waals surface area contributed by atoms with Crippen LogP contribution in [0.1, 0.15) is 36.5 Å². The summed E-state index contributed by atoms with van der Waals surface area (Å²) in [6.45, 7) is 5.20. The highest BCUT2D eigenvalue weighted by Crippen LogP contribution is 2.21. The Morgan fingerprint density at radius 2 is 1.61 bits per heavy atom. The molecule has 0 aliphatic carbocycles. The van der Waals surface area contributed by atoms with Gasteiger partial charge in [-0.15, -0.1) is 0 Å². The molecule has 0 spiro atoms. The monoisotopic (exact) mass is 496 g/mol. The van der Waals surface area contributed by atoms with Crippen LogP contribution in [0.3, 0.4) is 0 Å². The SMILES string of the molecule is CCc1cccc(C)c1NC(=O)[C@H](CCc1ccccc1)NC(=O)[C@@H](N)CC(=O)N(CCN)CCN. The molecule has 0 radical (unpaired) electrons. The van der Waals surface area contributed by atoms with Crippen molar-refractivity contribution in [3.05, 3.63) is 65.2 Å². The number of rotatable bonds is 14. The first-order valence-electron chi connectivity index (χ1n) is 12.5. The molecular weight excluding hydrogens is 456 g/mol. The number of anilines is 1. The summed E-state index contributed by atoms with van der Waals surface area (Å²) in [6, 6.07) is 13.7. The summed E-state index contributed by atoms with van der Waals surface area (Å²) < 4.78 is 0. The van der Waals surface area contributed by atoms with Gasteiger partial charge in [-0.1, -0.05) is 55.5 Å². The third-order valence-corrected chi connectivity index (χ3v) is 6.07. The van der Waals surface area contributed by atoms with Gasteiger partial charge in [0.15, 0.2) is 0 Å². The van der Waals surface area contributed by atoms with Crippen LogP contribution in [0.2, 0.25) is 0 Å². The van der Waals surface area contributed by atoms with Gasteiger partial charge < -0.3 is 32.7 Å². The molecule has 8 N–H and O–H groups in total. The summed E-state index contributed by atoms with van der Waals surface area (Å²) in [5, 5.41) is 5.78. The van der Waals surface area contributed by atoms with Crippen LogP contribution in [0.5, 0.6) is 0 Å². The number of carbonyl (C=O) groups is 3. The van der Waals surface area contributed by atoms with E-state index in [1.165, 1.54) is 4.90 Å². The smallest absolute Gasteiger partial charge is 0.246 e. The van der Waals surface area contributed by atoms with Crippen LogP contribution >= 0.6 is 0 Å². The lowest BCUT2D eigenvalue weighted by Gasteiger charge is -2.24. The third kappa shape index (κ3) is 8.75. The molecule has 36 heavy (non-hydrogen) atoms. The molecule has 3 amide bonds. The molecule has 0 heterocycles. The Morgan fingerprint density at radius 3 is 2.22 bits per heavy atom. The van der Waals surface area contributed by atoms with Gasteiger partial charge in [0.2, 0.25) is 17.7 Å². The normalized spacial score (nSPS) is 12.5. The Hall–Kier alpha value is -3.27. The molecule has 0 fully saturated rings. The molecule has 9 heteroatoms. The summed E-state index contributed by atoms with van der Waals surface area (Å²) in [6.07, 6.45) is 1.52. The minimum Gasteiger partial charge on any atom is -0.343 e. The second-order valence-electron chi connectivity index (χ2n) is 8.81. The molecule has 0 unspecified atom stereocenters. The van der Waals surface area contributed by atoms with Crippen molar-refractivity contribution >= 4 is 23.4 Å². The van der Waals surface area contributed by atoms with E-state index >= 15 is 0 Å². The van der Waals surface area contributed by atoms with Gasteiger partial charge in [-0.05, 0) is 42.9 Å². The summed E-state index contributed by atoms with van der Waals surface area (Å²) in [7, 11) is 0. The quantitative estimate of drug-likeness (QED) is 0.263. The van der Waals surface area contributed by atoms with Crippen LogP contribution in [0, 0.1) is 6.92 Å². The first kappa shape index (κ1) is 29.0. The number of benzene rings is 2. The fourth-order valence-corrected chi connectivity index (χ4v) is 4.00. The fourth-order valence-electron chi connectivity index (χ4n) is 4.00. The molecule has 2 aromatic rings. The Morgan fingerprint density at radius 1 is 0.944 bits per heavy atom. The van der Waals surface area contributed by atoms with Crippen LogP contribution in [-0.4, -0.2) is 60.9 Å². The van der Waals surface area contributed by atoms with Crippen molar-refractivity contribution in [2.45, 2.75) is 51.6 Å². The number of amides is 3. The molecule has 0 saturated carbocycles. The number of nitrogens with one attached hydrogen (secondary N) is 2. The lowest BCUT2D eigenvalue weighted by Crippen LogP contribution is -2.52. The maximum Gasteiger partial charge on any atom is 0.246 e. The minimum absolute atomic E-state index is 0.198. The zero-order valence-electron chi connectivity index (χ0n) is 21.3. The number of para-hydroxylation sites is 1. The van der Waals surface area contributed by atoms with Crippen molar-refractivity contribution in [1.29, 1.82) is 0 Å². The molecule has 196 valence electrons. The number of aryl methyl sites for hydroxylation is 3. The first-order chi connectivity index (χ1) is 17.3. The van der Waals surface area contributed by atoms with Gasteiger partial charge in [0, 0.05) is 31.9 Å². The summed E-state index contributed by atoms with van der Waals surface area (Å²) >= 11 is 0. The highest BCUT2D eigenvalue weighted by Gasteiger charge is 2.27. The maximum atomic E-state index is 13.3. The standard InChI is InChI=1S/C27H40N6O3/c1-3-21-11-7-8-19(2)25(21)32-27(36)23(13-12-20-9-5-4-6-10-20)31-26(35)22(30)18-24(34)33(16-14-28)17-15-29/h4-11,22-23H,3,12-18,28-30H2,1-2H3,(H,31,35)(H,32,36)/t22-,23-/m0/s1. The van der Waals surface area contributed by atoms with E-state index in [9.17, 15) is 14.4 Å². The van der Waals surface area contributed by atoms with Crippen molar-refractivity contribution in [2.24, 2.45) is 17.2 Å². The van der Waals surface area contributed by atoms with Crippen molar-refractivity contribution in [2.75, 3.05) is 31.5 Å². The van der Waals surface area contributed by atoms with Crippen molar-refractivity contribution < 1.29 is 14.4 Å². The molecule has 2 rings (SSSR count). The minimum atomic E-state index is -1.10. The van der Waals surface area contributed by atoms with Gasteiger partial charge in [-0.2, -0.15) is 0 Å². The largest absolute Gasteiger partial charge is 0.343 e. The van der Waals surface area contributed by atoms with E-state index in [1.807, 2.05) is 62.4 Å².